The van der Waals surface area contributed by atoms with E-state index in [1.54, 1.807) is 0 Å². The molecule has 1 aliphatic rings. The first-order valence-electron chi connectivity index (χ1n) is 5.42. The van der Waals surface area contributed by atoms with Gasteiger partial charge in [-0.15, -0.1) is 0 Å². The van der Waals surface area contributed by atoms with Crippen molar-refractivity contribution < 1.29 is 4.74 Å². The average Bonchev–Trinajstić information content (AvgIpc) is 2.30. The molecular formula is C11H17N3O. The number of morpholine rings is 1. The summed E-state index contributed by atoms with van der Waals surface area (Å²) in [5.74, 6) is 1.23. The Kier molecular flexibility index (Phi) is 3.28. The predicted molar refractivity (Wildman–Crippen MR) is 57.7 cm³/mol. The van der Waals surface area contributed by atoms with Crippen molar-refractivity contribution in [1.29, 1.82) is 0 Å². The highest BCUT2D eigenvalue weighted by molar-refractivity contribution is 5.08. The van der Waals surface area contributed by atoms with Crippen LogP contribution in [-0.2, 0) is 4.74 Å². The van der Waals surface area contributed by atoms with Crippen molar-refractivity contribution >= 4 is 0 Å². The summed E-state index contributed by atoms with van der Waals surface area (Å²) in [6.45, 7) is 6.72. The molecule has 0 aliphatic carbocycles. The first-order chi connectivity index (χ1) is 7.27. The molecule has 1 N–H and O–H groups in total. The zero-order valence-corrected chi connectivity index (χ0v) is 9.23. The maximum absolute atomic E-state index is 5.61. The van der Waals surface area contributed by atoms with Gasteiger partial charge in [0.25, 0.3) is 0 Å². The highest BCUT2D eigenvalue weighted by atomic mass is 16.5. The van der Waals surface area contributed by atoms with Crippen LogP contribution in [0.2, 0.25) is 0 Å². The number of hydrogen-bond donors (Lipinski definition) is 1. The summed E-state index contributed by atoms with van der Waals surface area (Å²) < 4.78 is 5.61. The van der Waals surface area contributed by atoms with E-state index >= 15 is 0 Å². The fourth-order valence-corrected chi connectivity index (χ4v) is 1.60. The van der Waals surface area contributed by atoms with Crippen LogP contribution >= 0.6 is 0 Å². The highest BCUT2D eigenvalue weighted by Gasteiger charge is 2.18. The van der Waals surface area contributed by atoms with Crippen molar-refractivity contribution in [3.63, 3.8) is 0 Å². The van der Waals surface area contributed by atoms with Gasteiger partial charge < -0.3 is 10.1 Å². The molecule has 1 aliphatic heterocycles. The Labute approximate surface area is 90.1 Å². The van der Waals surface area contributed by atoms with Crippen molar-refractivity contribution in [3.05, 3.63) is 23.8 Å². The quantitative estimate of drug-likeness (QED) is 0.793. The first-order valence-corrected chi connectivity index (χ1v) is 5.42. The first kappa shape index (κ1) is 10.5. The van der Waals surface area contributed by atoms with E-state index in [1.807, 2.05) is 12.3 Å². The summed E-state index contributed by atoms with van der Waals surface area (Å²) in [6.07, 6.45) is 1.83. The Morgan fingerprint density at radius 1 is 1.53 bits per heavy atom. The van der Waals surface area contributed by atoms with Gasteiger partial charge in [-0.1, -0.05) is 13.8 Å². The predicted octanol–water partition coefficient (Wildman–Crippen LogP) is 1.26. The SMILES string of the molecule is CC(C)c1ccnc(C2CNCCO2)n1. The van der Waals surface area contributed by atoms with Gasteiger partial charge in [-0.25, -0.2) is 9.97 Å². The third-order valence-electron chi connectivity index (χ3n) is 2.50. The van der Waals surface area contributed by atoms with Gasteiger partial charge in [0, 0.05) is 25.0 Å². The van der Waals surface area contributed by atoms with Crippen molar-refractivity contribution in [1.82, 2.24) is 15.3 Å². The molecule has 82 valence electrons. The molecule has 0 amide bonds. The lowest BCUT2D eigenvalue weighted by atomic mass is 10.1. The maximum Gasteiger partial charge on any atom is 0.158 e. The molecule has 1 aromatic heterocycles. The van der Waals surface area contributed by atoms with Crippen molar-refractivity contribution in [2.45, 2.75) is 25.9 Å². The molecule has 2 heterocycles. The number of hydrogen-bond acceptors (Lipinski definition) is 4. The second kappa shape index (κ2) is 4.68. The summed E-state index contributed by atoms with van der Waals surface area (Å²) in [5.41, 5.74) is 1.08. The smallest absolute Gasteiger partial charge is 0.158 e. The van der Waals surface area contributed by atoms with Crippen LogP contribution in [0.5, 0.6) is 0 Å². The number of nitrogens with one attached hydrogen (secondary N) is 1. The van der Waals surface area contributed by atoms with Gasteiger partial charge in [0.05, 0.1) is 6.61 Å². The van der Waals surface area contributed by atoms with Crippen LogP contribution in [0.1, 0.15) is 37.4 Å². The van der Waals surface area contributed by atoms with Gasteiger partial charge >= 0.3 is 0 Å². The van der Waals surface area contributed by atoms with Crippen LogP contribution in [0.25, 0.3) is 0 Å². The summed E-state index contributed by atoms with van der Waals surface area (Å²) in [6, 6.07) is 1.96. The van der Waals surface area contributed by atoms with Gasteiger partial charge in [-0.2, -0.15) is 0 Å². The van der Waals surface area contributed by atoms with Crippen LogP contribution in [-0.4, -0.2) is 29.7 Å². The molecule has 0 bridgehead atoms. The topological polar surface area (TPSA) is 47.0 Å². The minimum atomic E-state index is 0.0115. The van der Waals surface area contributed by atoms with Crippen molar-refractivity contribution in [3.8, 4) is 0 Å². The molecule has 0 spiro atoms. The molecule has 1 aromatic rings. The third-order valence-corrected chi connectivity index (χ3v) is 2.50. The van der Waals surface area contributed by atoms with Crippen molar-refractivity contribution in [2.75, 3.05) is 19.7 Å². The molecule has 2 rings (SSSR count). The minimum Gasteiger partial charge on any atom is -0.368 e. The van der Waals surface area contributed by atoms with Crippen LogP contribution in [0.4, 0.5) is 0 Å². The molecule has 1 atom stereocenters. The Bertz CT molecular complexity index is 321. The highest BCUT2D eigenvalue weighted by Crippen LogP contribution is 2.17. The molecule has 1 fully saturated rings. The zero-order valence-electron chi connectivity index (χ0n) is 9.23. The Morgan fingerprint density at radius 2 is 2.40 bits per heavy atom. The Balaban J connectivity index is 2.16. The molecule has 1 unspecified atom stereocenters. The van der Waals surface area contributed by atoms with Gasteiger partial charge in [0.1, 0.15) is 6.10 Å². The number of aromatic nitrogens is 2. The Morgan fingerprint density at radius 3 is 3.07 bits per heavy atom. The fraction of sp³-hybridized carbons (Fsp3) is 0.636. The zero-order chi connectivity index (χ0) is 10.7. The monoisotopic (exact) mass is 207 g/mol. The van der Waals surface area contributed by atoms with E-state index in [1.165, 1.54) is 0 Å². The fourth-order valence-electron chi connectivity index (χ4n) is 1.60. The van der Waals surface area contributed by atoms with E-state index in [4.69, 9.17) is 4.74 Å². The number of nitrogens with zero attached hydrogens (tertiary/aromatic N) is 2. The van der Waals surface area contributed by atoms with Crippen LogP contribution < -0.4 is 5.32 Å². The molecule has 0 radical (unpaired) electrons. The lowest BCUT2D eigenvalue weighted by Crippen LogP contribution is -2.34. The summed E-state index contributed by atoms with van der Waals surface area (Å²) >= 11 is 0. The molecule has 1 saturated heterocycles. The number of rotatable bonds is 2. The maximum atomic E-state index is 5.61. The van der Waals surface area contributed by atoms with E-state index in [9.17, 15) is 0 Å². The summed E-state index contributed by atoms with van der Waals surface area (Å²) in [7, 11) is 0. The van der Waals surface area contributed by atoms with E-state index in [0.717, 1.165) is 31.2 Å². The third kappa shape index (κ3) is 2.52. The lowest BCUT2D eigenvalue weighted by Gasteiger charge is -2.22. The lowest BCUT2D eigenvalue weighted by molar-refractivity contribution is 0.0219. The normalized spacial score (nSPS) is 21.9. The summed E-state index contributed by atoms with van der Waals surface area (Å²) in [5, 5.41) is 3.28. The van der Waals surface area contributed by atoms with Crippen LogP contribution in [0, 0.1) is 0 Å². The van der Waals surface area contributed by atoms with E-state index in [0.29, 0.717) is 5.92 Å². The second-order valence-corrected chi connectivity index (χ2v) is 4.06. The van der Waals surface area contributed by atoms with E-state index < -0.39 is 0 Å². The van der Waals surface area contributed by atoms with Gasteiger partial charge in [0.15, 0.2) is 5.82 Å². The van der Waals surface area contributed by atoms with Gasteiger partial charge in [-0.05, 0) is 12.0 Å². The molecule has 0 aromatic carbocycles. The Hall–Kier alpha value is -1.00. The van der Waals surface area contributed by atoms with Gasteiger partial charge in [0.2, 0.25) is 0 Å². The van der Waals surface area contributed by atoms with Crippen LogP contribution in [0.15, 0.2) is 12.3 Å². The number of ether oxygens (including phenoxy) is 1. The average molecular weight is 207 g/mol. The van der Waals surface area contributed by atoms with Gasteiger partial charge in [-0.3, -0.25) is 0 Å². The largest absolute Gasteiger partial charge is 0.368 e. The molecule has 0 saturated carbocycles. The van der Waals surface area contributed by atoms with Crippen LogP contribution in [0.3, 0.4) is 0 Å². The molecular weight excluding hydrogens is 190 g/mol. The molecule has 15 heavy (non-hydrogen) atoms. The second-order valence-electron chi connectivity index (χ2n) is 4.06. The van der Waals surface area contributed by atoms with Crippen molar-refractivity contribution in [2.24, 2.45) is 0 Å². The van der Waals surface area contributed by atoms with E-state index in [-0.39, 0.29) is 6.10 Å². The molecule has 4 heteroatoms. The standard InChI is InChI=1S/C11H17N3O/c1-8(2)9-3-4-13-11(14-9)10-7-12-5-6-15-10/h3-4,8,10,12H,5-7H2,1-2H3. The summed E-state index contributed by atoms with van der Waals surface area (Å²) in [4.78, 5) is 8.79. The minimum absolute atomic E-state index is 0.0115. The van der Waals surface area contributed by atoms with E-state index in [2.05, 4.69) is 29.1 Å². The molecule has 4 nitrogen and oxygen atoms in total.